The number of hydrogen-bond donors (Lipinski definition) is 2. The molecule has 0 aliphatic heterocycles. The van der Waals surface area contributed by atoms with Crippen LogP contribution in [0.25, 0.3) is 11.0 Å². The van der Waals surface area contributed by atoms with Gasteiger partial charge in [0, 0.05) is 0 Å². The smallest absolute Gasteiger partial charge is 0.225 e. The standard InChI is InChI=1S/C21H25N3O3/c1-13-8-9-14(2)21(15(13)3)27-12-16(25)11-24-18-7-5-4-6-17(18)23-20(24)10-19(22)26/h4-9,16,25H,10-12H2,1-3H3,(H2,22,26)/t16-/m0/s1. The molecule has 3 rings (SSSR count). The number of aliphatic hydroxyl groups is 1. The molecule has 0 fully saturated rings. The van der Waals surface area contributed by atoms with Gasteiger partial charge in [-0.05, 0) is 49.6 Å². The molecule has 0 bridgehead atoms. The van der Waals surface area contributed by atoms with Crippen molar-refractivity contribution in [3.63, 3.8) is 0 Å². The molecule has 0 saturated heterocycles. The molecular weight excluding hydrogens is 342 g/mol. The molecule has 1 amide bonds. The quantitative estimate of drug-likeness (QED) is 0.671. The number of carbonyl (C=O) groups excluding carboxylic acids is 1. The molecule has 6 heteroatoms. The Hall–Kier alpha value is -2.86. The summed E-state index contributed by atoms with van der Waals surface area (Å²) in [5.74, 6) is 0.899. The van der Waals surface area contributed by atoms with Crippen molar-refractivity contribution >= 4 is 16.9 Å². The zero-order chi connectivity index (χ0) is 19.6. The summed E-state index contributed by atoms with van der Waals surface area (Å²) in [6, 6.07) is 11.6. The summed E-state index contributed by atoms with van der Waals surface area (Å²) >= 11 is 0. The van der Waals surface area contributed by atoms with Crippen LogP contribution < -0.4 is 10.5 Å². The van der Waals surface area contributed by atoms with E-state index in [4.69, 9.17) is 10.5 Å². The van der Waals surface area contributed by atoms with E-state index in [9.17, 15) is 9.90 Å². The average Bonchev–Trinajstić information content (AvgIpc) is 2.95. The Kier molecular flexibility index (Phi) is 5.46. The fourth-order valence-electron chi connectivity index (χ4n) is 3.21. The van der Waals surface area contributed by atoms with Crippen molar-refractivity contribution in [1.29, 1.82) is 0 Å². The first-order valence-electron chi connectivity index (χ1n) is 8.97. The largest absolute Gasteiger partial charge is 0.490 e. The van der Waals surface area contributed by atoms with Gasteiger partial charge in [0.15, 0.2) is 0 Å². The second-order valence-electron chi connectivity index (χ2n) is 6.89. The molecule has 0 spiro atoms. The van der Waals surface area contributed by atoms with E-state index in [-0.39, 0.29) is 19.6 Å². The second kappa shape index (κ2) is 7.80. The van der Waals surface area contributed by atoms with Crippen molar-refractivity contribution in [2.45, 2.75) is 39.8 Å². The van der Waals surface area contributed by atoms with Crippen LogP contribution in [0.1, 0.15) is 22.5 Å². The molecule has 27 heavy (non-hydrogen) atoms. The molecule has 0 saturated carbocycles. The maximum Gasteiger partial charge on any atom is 0.225 e. The van der Waals surface area contributed by atoms with Gasteiger partial charge in [0.2, 0.25) is 5.91 Å². The van der Waals surface area contributed by atoms with Gasteiger partial charge in [-0.15, -0.1) is 0 Å². The van der Waals surface area contributed by atoms with E-state index in [0.717, 1.165) is 33.5 Å². The number of nitrogens with two attached hydrogens (primary N) is 1. The number of amides is 1. The number of aliphatic hydroxyl groups excluding tert-OH is 1. The van der Waals surface area contributed by atoms with Crippen LogP contribution in [0.3, 0.4) is 0 Å². The lowest BCUT2D eigenvalue weighted by molar-refractivity contribution is -0.117. The third kappa shape index (κ3) is 4.11. The lowest BCUT2D eigenvalue weighted by Gasteiger charge is -2.18. The van der Waals surface area contributed by atoms with E-state index in [0.29, 0.717) is 5.82 Å². The first-order chi connectivity index (χ1) is 12.9. The number of aromatic nitrogens is 2. The van der Waals surface area contributed by atoms with Gasteiger partial charge in [0.05, 0.1) is 24.0 Å². The van der Waals surface area contributed by atoms with Gasteiger partial charge in [0.1, 0.15) is 24.3 Å². The van der Waals surface area contributed by atoms with Crippen LogP contribution in [0.4, 0.5) is 0 Å². The highest BCUT2D eigenvalue weighted by Gasteiger charge is 2.17. The Labute approximate surface area is 158 Å². The summed E-state index contributed by atoms with van der Waals surface area (Å²) in [5, 5.41) is 10.6. The fraction of sp³-hybridized carbons (Fsp3) is 0.333. The van der Waals surface area contributed by atoms with E-state index in [1.807, 2.05) is 55.7 Å². The number of benzene rings is 2. The molecule has 0 radical (unpaired) electrons. The van der Waals surface area contributed by atoms with Crippen LogP contribution in [0.5, 0.6) is 5.75 Å². The summed E-state index contributed by atoms with van der Waals surface area (Å²) in [6.07, 6.45) is -0.730. The highest BCUT2D eigenvalue weighted by Crippen LogP contribution is 2.26. The fourth-order valence-corrected chi connectivity index (χ4v) is 3.21. The van der Waals surface area contributed by atoms with Gasteiger partial charge in [-0.25, -0.2) is 4.98 Å². The number of carbonyl (C=O) groups is 1. The number of fused-ring (bicyclic) bond motifs is 1. The zero-order valence-corrected chi connectivity index (χ0v) is 15.9. The van der Waals surface area contributed by atoms with Crippen molar-refractivity contribution in [3.05, 3.63) is 58.9 Å². The maximum absolute atomic E-state index is 11.4. The minimum absolute atomic E-state index is 0.0261. The van der Waals surface area contributed by atoms with Crippen LogP contribution in [0.2, 0.25) is 0 Å². The van der Waals surface area contributed by atoms with E-state index in [1.54, 1.807) is 0 Å². The molecule has 1 aromatic heterocycles. The Balaban J connectivity index is 1.79. The molecule has 0 unspecified atom stereocenters. The Bertz CT molecular complexity index is 978. The van der Waals surface area contributed by atoms with Gasteiger partial charge in [-0.2, -0.15) is 0 Å². The summed E-state index contributed by atoms with van der Waals surface area (Å²) < 4.78 is 7.75. The van der Waals surface area contributed by atoms with Crippen LogP contribution in [-0.4, -0.2) is 33.3 Å². The minimum Gasteiger partial charge on any atom is -0.490 e. The maximum atomic E-state index is 11.4. The molecule has 0 aliphatic carbocycles. The van der Waals surface area contributed by atoms with Gasteiger partial charge < -0.3 is 20.1 Å². The third-order valence-electron chi connectivity index (χ3n) is 4.75. The summed E-state index contributed by atoms with van der Waals surface area (Å²) in [4.78, 5) is 15.9. The van der Waals surface area contributed by atoms with Gasteiger partial charge >= 0.3 is 0 Å². The summed E-state index contributed by atoms with van der Waals surface area (Å²) in [7, 11) is 0. The van der Waals surface area contributed by atoms with Crippen molar-refractivity contribution in [2.24, 2.45) is 5.73 Å². The number of imidazole rings is 1. The SMILES string of the molecule is Cc1ccc(C)c(OC[C@@H](O)Cn2c(CC(N)=O)nc3ccccc32)c1C. The number of rotatable bonds is 7. The lowest BCUT2D eigenvalue weighted by atomic mass is 10.1. The van der Waals surface area contributed by atoms with Gasteiger partial charge in [0.25, 0.3) is 0 Å². The molecular formula is C21H25N3O3. The highest BCUT2D eigenvalue weighted by atomic mass is 16.5. The number of para-hydroxylation sites is 2. The monoisotopic (exact) mass is 367 g/mol. The number of hydrogen-bond acceptors (Lipinski definition) is 4. The highest BCUT2D eigenvalue weighted by molar-refractivity contribution is 5.80. The summed E-state index contributed by atoms with van der Waals surface area (Å²) in [5.41, 5.74) is 10.2. The number of primary amides is 1. The van der Waals surface area contributed by atoms with Crippen LogP contribution in [0.15, 0.2) is 36.4 Å². The molecule has 3 N–H and O–H groups in total. The Morgan fingerprint density at radius 3 is 2.63 bits per heavy atom. The molecule has 2 aromatic carbocycles. The molecule has 3 aromatic rings. The topological polar surface area (TPSA) is 90.4 Å². The number of ether oxygens (including phenoxy) is 1. The second-order valence-corrected chi connectivity index (χ2v) is 6.89. The van der Waals surface area contributed by atoms with Crippen LogP contribution in [-0.2, 0) is 17.8 Å². The Morgan fingerprint density at radius 1 is 1.19 bits per heavy atom. The van der Waals surface area contributed by atoms with Gasteiger partial charge in [-0.1, -0.05) is 24.3 Å². The molecule has 1 atom stereocenters. The van der Waals surface area contributed by atoms with E-state index >= 15 is 0 Å². The van der Waals surface area contributed by atoms with E-state index in [2.05, 4.69) is 11.1 Å². The molecule has 142 valence electrons. The number of aryl methyl sites for hydroxylation is 2. The lowest BCUT2D eigenvalue weighted by Crippen LogP contribution is -2.26. The molecule has 1 heterocycles. The van der Waals surface area contributed by atoms with Crippen molar-refractivity contribution in [3.8, 4) is 5.75 Å². The average molecular weight is 367 g/mol. The van der Waals surface area contributed by atoms with Crippen molar-refractivity contribution < 1.29 is 14.6 Å². The first-order valence-corrected chi connectivity index (χ1v) is 8.97. The predicted octanol–water partition coefficient (Wildman–Crippen LogP) is 2.43. The first kappa shape index (κ1) is 18.9. The third-order valence-corrected chi connectivity index (χ3v) is 4.75. The van der Waals surface area contributed by atoms with Crippen molar-refractivity contribution in [2.75, 3.05) is 6.61 Å². The normalized spacial score (nSPS) is 12.3. The Morgan fingerprint density at radius 2 is 1.89 bits per heavy atom. The zero-order valence-electron chi connectivity index (χ0n) is 15.9. The van der Waals surface area contributed by atoms with E-state index < -0.39 is 12.0 Å². The number of nitrogens with zero attached hydrogens (tertiary/aromatic N) is 2. The molecule has 6 nitrogen and oxygen atoms in total. The van der Waals surface area contributed by atoms with Gasteiger partial charge in [-0.3, -0.25) is 4.79 Å². The predicted molar refractivity (Wildman–Crippen MR) is 105 cm³/mol. The van der Waals surface area contributed by atoms with Crippen LogP contribution >= 0.6 is 0 Å². The van der Waals surface area contributed by atoms with Crippen LogP contribution in [0, 0.1) is 20.8 Å². The minimum atomic E-state index is -0.756. The summed E-state index contributed by atoms with van der Waals surface area (Å²) in [6.45, 7) is 6.45. The van der Waals surface area contributed by atoms with E-state index in [1.165, 1.54) is 0 Å². The van der Waals surface area contributed by atoms with Crippen molar-refractivity contribution in [1.82, 2.24) is 9.55 Å². The molecule has 0 aliphatic rings.